The van der Waals surface area contributed by atoms with E-state index in [-0.39, 0.29) is 30.7 Å². The van der Waals surface area contributed by atoms with Crippen molar-refractivity contribution in [1.29, 1.82) is 0 Å². The molecule has 0 saturated heterocycles. The first kappa shape index (κ1) is 20.8. The highest BCUT2D eigenvalue weighted by atomic mass is 16.2. The van der Waals surface area contributed by atoms with Gasteiger partial charge in [0.15, 0.2) is 0 Å². The Morgan fingerprint density at radius 1 is 0.968 bits per heavy atom. The van der Waals surface area contributed by atoms with Gasteiger partial charge in [-0.3, -0.25) is 14.6 Å². The van der Waals surface area contributed by atoms with E-state index in [4.69, 9.17) is 0 Å². The van der Waals surface area contributed by atoms with Crippen molar-refractivity contribution in [2.45, 2.75) is 38.8 Å². The highest BCUT2D eigenvalue weighted by molar-refractivity contribution is 5.84. The lowest BCUT2D eigenvalue weighted by molar-refractivity contribution is -0.134. The van der Waals surface area contributed by atoms with Crippen LogP contribution in [0.5, 0.6) is 0 Å². The van der Waals surface area contributed by atoms with Crippen molar-refractivity contribution >= 4 is 11.8 Å². The molecule has 1 aliphatic rings. The molecule has 3 aromatic rings. The molecule has 0 radical (unpaired) electrons. The summed E-state index contributed by atoms with van der Waals surface area (Å²) in [5, 5.41) is 3.01. The van der Waals surface area contributed by atoms with E-state index in [0.29, 0.717) is 6.54 Å². The van der Waals surface area contributed by atoms with E-state index in [1.54, 1.807) is 6.20 Å². The zero-order chi connectivity index (χ0) is 21.6. The number of hydrogen-bond acceptors (Lipinski definition) is 3. The minimum Gasteiger partial charge on any atom is -0.350 e. The van der Waals surface area contributed by atoms with E-state index < -0.39 is 0 Å². The van der Waals surface area contributed by atoms with E-state index in [0.717, 1.165) is 29.7 Å². The lowest BCUT2D eigenvalue weighted by Crippen LogP contribution is -2.36. The van der Waals surface area contributed by atoms with Crippen LogP contribution in [0, 0.1) is 0 Å². The van der Waals surface area contributed by atoms with E-state index in [9.17, 15) is 9.59 Å². The molecule has 0 aliphatic carbocycles. The van der Waals surface area contributed by atoms with Gasteiger partial charge in [-0.05, 0) is 47.2 Å². The number of amides is 2. The number of nitrogens with zero attached hydrogens (tertiary/aromatic N) is 2. The second kappa shape index (κ2) is 9.56. The van der Waals surface area contributed by atoms with Crippen LogP contribution in [0.3, 0.4) is 0 Å². The zero-order valence-electron chi connectivity index (χ0n) is 17.8. The summed E-state index contributed by atoms with van der Waals surface area (Å²) in [5.41, 5.74) is 5.69. The summed E-state index contributed by atoms with van der Waals surface area (Å²) in [6, 6.07) is 20.2. The minimum absolute atomic E-state index is 0.0399. The Bertz CT molecular complexity index is 1050. The van der Waals surface area contributed by atoms with Crippen LogP contribution in [0.4, 0.5) is 0 Å². The average Bonchev–Trinajstić information content (AvgIpc) is 2.83. The molecule has 0 bridgehead atoms. The average molecular weight is 414 g/mol. The van der Waals surface area contributed by atoms with Crippen molar-refractivity contribution < 1.29 is 9.59 Å². The fourth-order valence-electron chi connectivity index (χ4n) is 3.98. The molecule has 5 nitrogen and oxygen atoms in total. The molecular weight excluding hydrogens is 386 g/mol. The molecule has 158 valence electrons. The number of benzene rings is 2. The van der Waals surface area contributed by atoms with Crippen LogP contribution in [-0.4, -0.2) is 28.2 Å². The number of carbonyl (C=O) groups is 2. The molecule has 4 rings (SSSR count). The zero-order valence-corrected chi connectivity index (χ0v) is 17.8. The first-order valence-corrected chi connectivity index (χ1v) is 10.7. The molecule has 1 atom stereocenters. The quantitative estimate of drug-likeness (QED) is 0.656. The predicted molar refractivity (Wildman–Crippen MR) is 121 cm³/mol. The third-order valence-electron chi connectivity index (χ3n) is 5.83. The van der Waals surface area contributed by atoms with Gasteiger partial charge in [0.25, 0.3) is 0 Å². The summed E-state index contributed by atoms with van der Waals surface area (Å²) in [6.45, 7) is 3.31. The molecule has 1 aliphatic heterocycles. The minimum atomic E-state index is -0.118. The summed E-state index contributed by atoms with van der Waals surface area (Å²) in [6.07, 6.45) is 4.90. The Morgan fingerprint density at radius 3 is 2.48 bits per heavy atom. The van der Waals surface area contributed by atoms with Gasteiger partial charge in [-0.15, -0.1) is 0 Å². The van der Waals surface area contributed by atoms with Crippen LogP contribution in [0.1, 0.15) is 42.5 Å². The van der Waals surface area contributed by atoms with Crippen molar-refractivity contribution in [3.63, 3.8) is 0 Å². The molecular formula is C26H27N3O2. The van der Waals surface area contributed by atoms with Gasteiger partial charge in [0.2, 0.25) is 11.8 Å². The van der Waals surface area contributed by atoms with Crippen molar-refractivity contribution in [3.8, 4) is 11.1 Å². The summed E-state index contributed by atoms with van der Waals surface area (Å²) in [5.74, 6) is -0.0623. The third kappa shape index (κ3) is 5.18. The third-order valence-corrected chi connectivity index (χ3v) is 5.83. The van der Waals surface area contributed by atoms with Crippen LogP contribution in [-0.2, 0) is 22.6 Å². The van der Waals surface area contributed by atoms with Crippen LogP contribution >= 0.6 is 0 Å². The van der Waals surface area contributed by atoms with Gasteiger partial charge in [0, 0.05) is 38.3 Å². The first-order chi connectivity index (χ1) is 15.1. The van der Waals surface area contributed by atoms with Crippen LogP contribution in [0.15, 0.2) is 73.1 Å². The van der Waals surface area contributed by atoms with E-state index in [1.807, 2.05) is 66.6 Å². The Labute approximate surface area is 183 Å². The number of pyridine rings is 1. The summed E-state index contributed by atoms with van der Waals surface area (Å²) in [7, 11) is 0. The summed E-state index contributed by atoms with van der Waals surface area (Å²) in [4.78, 5) is 31.0. The fourth-order valence-corrected chi connectivity index (χ4v) is 3.98. The Kier molecular flexibility index (Phi) is 6.41. The van der Waals surface area contributed by atoms with Crippen molar-refractivity contribution in [3.05, 3.63) is 89.7 Å². The van der Waals surface area contributed by atoms with Crippen molar-refractivity contribution in [2.75, 3.05) is 6.54 Å². The van der Waals surface area contributed by atoms with Gasteiger partial charge in [0.05, 0.1) is 6.04 Å². The smallest absolute Gasteiger partial charge is 0.223 e. The molecule has 2 aromatic carbocycles. The molecule has 2 heterocycles. The maximum absolute atomic E-state index is 12.6. The van der Waals surface area contributed by atoms with Crippen LogP contribution in [0.25, 0.3) is 11.1 Å². The standard InChI is InChI=1S/C26H27N3O2/c1-19(20-8-10-22(11-9-20)23-7-4-15-27-17-23)28-25(30)12-13-26(31)29-16-14-21-5-2-3-6-24(21)18-29/h2-11,15,17,19H,12-14,16,18H2,1H3,(H,28,30). The Morgan fingerprint density at radius 2 is 1.74 bits per heavy atom. The predicted octanol–water partition coefficient (Wildman–Crippen LogP) is 4.29. The number of rotatable bonds is 6. The summed E-state index contributed by atoms with van der Waals surface area (Å²) < 4.78 is 0. The second-order valence-corrected chi connectivity index (χ2v) is 7.99. The number of carbonyl (C=O) groups excluding carboxylic acids is 2. The number of aromatic nitrogens is 1. The van der Waals surface area contributed by atoms with E-state index in [2.05, 4.69) is 22.4 Å². The van der Waals surface area contributed by atoms with Gasteiger partial charge >= 0.3 is 0 Å². The van der Waals surface area contributed by atoms with Gasteiger partial charge in [-0.25, -0.2) is 0 Å². The SMILES string of the molecule is CC(NC(=O)CCC(=O)N1CCc2ccccc2C1)c1ccc(-c2cccnc2)cc1. The largest absolute Gasteiger partial charge is 0.350 e. The van der Waals surface area contributed by atoms with Crippen molar-refractivity contribution in [1.82, 2.24) is 15.2 Å². The maximum Gasteiger partial charge on any atom is 0.223 e. The number of hydrogen-bond donors (Lipinski definition) is 1. The topological polar surface area (TPSA) is 62.3 Å². The molecule has 5 heteroatoms. The Balaban J connectivity index is 1.26. The monoisotopic (exact) mass is 413 g/mol. The molecule has 1 unspecified atom stereocenters. The van der Waals surface area contributed by atoms with Crippen molar-refractivity contribution in [2.24, 2.45) is 0 Å². The van der Waals surface area contributed by atoms with E-state index in [1.165, 1.54) is 11.1 Å². The molecule has 1 N–H and O–H groups in total. The fraction of sp³-hybridized carbons (Fsp3) is 0.269. The lowest BCUT2D eigenvalue weighted by atomic mass is 9.99. The number of fused-ring (bicyclic) bond motifs is 1. The van der Waals surface area contributed by atoms with Gasteiger partial charge < -0.3 is 10.2 Å². The summed E-state index contributed by atoms with van der Waals surface area (Å²) >= 11 is 0. The number of nitrogens with one attached hydrogen (secondary N) is 1. The highest BCUT2D eigenvalue weighted by Gasteiger charge is 2.21. The molecule has 2 amide bonds. The van der Waals surface area contributed by atoms with Gasteiger partial charge in [-0.1, -0.05) is 54.6 Å². The molecule has 0 spiro atoms. The van der Waals surface area contributed by atoms with Crippen LogP contribution < -0.4 is 5.32 Å². The molecule has 0 fully saturated rings. The molecule has 0 saturated carbocycles. The molecule has 1 aromatic heterocycles. The molecule has 31 heavy (non-hydrogen) atoms. The second-order valence-electron chi connectivity index (χ2n) is 7.99. The normalized spacial score (nSPS) is 13.9. The lowest BCUT2D eigenvalue weighted by Gasteiger charge is -2.29. The maximum atomic E-state index is 12.6. The highest BCUT2D eigenvalue weighted by Crippen LogP contribution is 2.22. The first-order valence-electron chi connectivity index (χ1n) is 10.7. The Hall–Kier alpha value is -3.47. The van der Waals surface area contributed by atoms with E-state index >= 15 is 0 Å². The van der Waals surface area contributed by atoms with Crippen LogP contribution in [0.2, 0.25) is 0 Å². The van der Waals surface area contributed by atoms with Gasteiger partial charge in [-0.2, -0.15) is 0 Å². The van der Waals surface area contributed by atoms with Gasteiger partial charge in [0.1, 0.15) is 0 Å².